The number of aliphatic imine (C=N–C) groups is 1. The number of ether oxygens (including phenoxy) is 1. The van der Waals surface area contributed by atoms with E-state index in [0.29, 0.717) is 50.5 Å². The molecule has 4 heterocycles. The van der Waals surface area contributed by atoms with Crippen molar-refractivity contribution in [2.24, 2.45) is 10.7 Å². The van der Waals surface area contributed by atoms with Crippen molar-refractivity contribution in [1.29, 1.82) is 0 Å². The molecule has 2 aromatic carbocycles. The Morgan fingerprint density at radius 1 is 1.08 bits per heavy atom. The van der Waals surface area contributed by atoms with Crippen molar-refractivity contribution in [3.8, 4) is 17.1 Å². The first-order valence-electron chi connectivity index (χ1n) is 12.7. The number of aromatic amines is 1. The molecule has 0 bridgehead atoms. The Morgan fingerprint density at radius 2 is 1.82 bits per heavy atom. The monoisotopic (exact) mass is 537 g/mol. The molecule has 4 N–H and O–H groups in total. The Kier molecular flexibility index (Phi) is 6.16. The van der Waals surface area contributed by atoms with E-state index < -0.39 is 6.36 Å². The molecular formula is C27H26F3N7O2. The van der Waals surface area contributed by atoms with Crippen LogP contribution in [0, 0.1) is 0 Å². The number of hydrogen-bond acceptors (Lipinski definition) is 5. The second-order valence-electron chi connectivity index (χ2n) is 9.62. The minimum Gasteiger partial charge on any atom is -0.406 e. The van der Waals surface area contributed by atoms with Crippen LogP contribution < -0.4 is 15.8 Å². The second-order valence-corrected chi connectivity index (χ2v) is 9.62. The Morgan fingerprint density at radius 3 is 2.54 bits per heavy atom. The molecule has 0 atom stereocenters. The highest BCUT2D eigenvalue weighted by atomic mass is 19.4. The third-order valence-corrected chi connectivity index (χ3v) is 7.12. The van der Waals surface area contributed by atoms with E-state index >= 15 is 0 Å². The van der Waals surface area contributed by atoms with Gasteiger partial charge < -0.3 is 30.2 Å². The number of piperidine rings is 1. The number of carbonyl (C=O) groups is 1. The van der Waals surface area contributed by atoms with E-state index in [4.69, 9.17) is 10.7 Å². The summed E-state index contributed by atoms with van der Waals surface area (Å²) in [5.74, 6) is 1.20. The van der Waals surface area contributed by atoms with Gasteiger partial charge in [-0.05, 0) is 49.2 Å². The van der Waals surface area contributed by atoms with Gasteiger partial charge >= 0.3 is 12.4 Å². The molecule has 9 nitrogen and oxygen atoms in total. The SMILES string of the molecule is NC1=NCCn2c(C3CCN(C(=O)Nc4ccc(OC(F)(F)F)cc4)CC3)nc(-c3cc4ccccc4[nH]3)c21. The first-order chi connectivity index (χ1) is 18.7. The van der Waals surface area contributed by atoms with Crippen LogP contribution in [-0.2, 0) is 6.54 Å². The molecule has 202 valence electrons. The number of amides is 2. The van der Waals surface area contributed by atoms with Gasteiger partial charge in [-0.1, -0.05) is 18.2 Å². The van der Waals surface area contributed by atoms with Gasteiger partial charge in [-0.3, -0.25) is 4.99 Å². The summed E-state index contributed by atoms with van der Waals surface area (Å²) in [4.78, 5) is 27.5. The maximum atomic E-state index is 12.8. The second kappa shape index (κ2) is 9.68. The number of benzene rings is 2. The molecule has 6 rings (SSSR count). The van der Waals surface area contributed by atoms with Crippen LogP contribution in [0.25, 0.3) is 22.3 Å². The Hall–Kier alpha value is -4.48. The Bertz CT molecular complexity index is 1510. The van der Waals surface area contributed by atoms with Crippen molar-refractivity contribution in [2.75, 3.05) is 25.0 Å². The highest BCUT2D eigenvalue weighted by molar-refractivity contribution is 6.02. The van der Waals surface area contributed by atoms with E-state index in [1.54, 1.807) is 4.90 Å². The predicted molar refractivity (Wildman–Crippen MR) is 141 cm³/mol. The third kappa shape index (κ3) is 5.01. The van der Waals surface area contributed by atoms with Crippen molar-refractivity contribution in [2.45, 2.75) is 31.7 Å². The van der Waals surface area contributed by atoms with Crippen molar-refractivity contribution >= 4 is 28.5 Å². The largest absolute Gasteiger partial charge is 0.573 e. The quantitative estimate of drug-likeness (QED) is 0.338. The number of rotatable bonds is 4. The molecule has 0 saturated carbocycles. The lowest BCUT2D eigenvalue weighted by Crippen LogP contribution is -2.41. The lowest BCUT2D eigenvalue weighted by molar-refractivity contribution is -0.274. The maximum absolute atomic E-state index is 12.8. The summed E-state index contributed by atoms with van der Waals surface area (Å²) in [5.41, 5.74) is 10.2. The molecule has 2 aromatic heterocycles. The summed E-state index contributed by atoms with van der Waals surface area (Å²) in [5, 5.41) is 3.83. The minimum absolute atomic E-state index is 0.135. The number of halogens is 3. The van der Waals surface area contributed by atoms with Crippen LogP contribution in [0.2, 0.25) is 0 Å². The van der Waals surface area contributed by atoms with Gasteiger partial charge in [0.1, 0.15) is 28.8 Å². The van der Waals surface area contributed by atoms with Crippen LogP contribution in [-0.4, -0.2) is 57.3 Å². The predicted octanol–water partition coefficient (Wildman–Crippen LogP) is 5.06. The zero-order valence-electron chi connectivity index (χ0n) is 20.8. The van der Waals surface area contributed by atoms with Crippen LogP contribution in [0.15, 0.2) is 59.6 Å². The summed E-state index contributed by atoms with van der Waals surface area (Å²) in [6.07, 6.45) is -3.34. The van der Waals surface area contributed by atoms with Gasteiger partial charge in [-0.2, -0.15) is 0 Å². The number of amidine groups is 1. The molecule has 2 aliphatic rings. The number of nitrogens with zero attached hydrogens (tertiary/aromatic N) is 4. The van der Waals surface area contributed by atoms with Crippen LogP contribution in [0.4, 0.5) is 23.7 Å². The molecule has 2 amide bonds. The maximum Gasteiger partial charge on any atom is 0.573 e. The van der Waals surface area contributed by atoms with Gasteiger partial charge in [0.2, 0.25) is 0 Å². The number of alkyl halides is 3. The lowest BCUT2D eigenvalue weighted by Gasteiger charge is -2.32. The number of aromatic nitrogens is 3. The number of fused-ring (bicyclic) bond motifs is 2. The van der Waals surface area contributed by atoms with Crippen molar-refractivity contribution in [1.82, 2.24) is 19.4 Å². The van der Waals surface area contributed by atoms with Gasteiger partial charge in [-0.25, -0.2) is 9.78 Å². The highest BCUT2D eigenvalue weighted by Crippen LogP contribution is 2.35. The zero-order valence-corrected chi connectivity index (χ0v) is 20.8. The summed E-state index contributed by atoms with van der Waals surface area (Å²) in [7, 11) is 0. The molecule has 1 saturated heterocycles. The van der Waals surface area contributed by atoms with Gasteiger partial charge in [0, 0.05) is 42.1 Å². The normalized spacial score (nSPS) is 16.2. The fourth-order valence-electron chi connectivity index (χ4n) is 5.29. The molecule has 4 aromatic rings. The fraction of sp³-hybridized carbons (Fsp3) is 0.296. The summed E-state index contributed by atoms with van der Waals surface area (Å²) in [6.45, 7) is 2.30. The molecular weight excluding hydrogens is 511 g/mol. The first-order valence-corrected chi connectivity index (χ1v) is 12.7. The summed E-state index contributed by atoms with van der Waals surface area (Å²) in [6, 6.07) is 14.9. The van der Waals surface area contributed by atoms with E-state index in [-0.39, 0.29) is 17.7 Å². The van der Waals surface area contributed by atoms with E-state index in [1.807, 2.05) is 24.3 Å². The molecule has 12 heteroatoms. The average Bonchev–Trinajstić information content (AvgIpc) is 3.52. The summed E-state index contributed by atoms with van der Waals surface area (Å²) < 4.78 is 43.2. The van der Waals surface area contributed by atoms with Gasteiger partial charge in [-0.15, -0.1) is 13.2 Å². The van der Waals surface area contributed by atoms with Crippen molar-refractivity contribution in [3.05, 3.63) is 66.1 Å². The molecule has 0 spiro atoms. The standard InChI is InChI=1S/C27H26F3N7O2/c28-27(29,30)39-19-7-5-18(6-8-19)33-26(38)36-12-9-16(10-13-36)25-35-22(23-24(31)32-11-14-37(23)25)21-15-17-3-1-2-4-20(17)34-21/h1-8,15-16,34H,9-14H2,(H2,31,32)(H,33,38). The summed E-state index contributed by atoms with van der Waals surface area (Å²) >= 11 is 0. The fourth-order valence-corrected chi connectivity index (χ4v) is 5.29. The molecule has 39 heavy (non-hydrogen) atoms. The smallest absolute Gasteiger partial charge is 0.406 e. The minimum atomic E-state index is -4.77. The number of urea groups is 1. The molecule has 2 aliphatic heterocycles. The number of likely N-dealkylation sites (tertiary alicyclic amines) is 1. The van der Waals surface area contributed by atoms with Crippen molar-refractivity contribution in [3.63, 3.8) is 0 Å². The van der Waals surface area contributed by atoms with E-state index in [1.165, 1.54) is 12.1 Å². The zero-order chi connectivity index (χ0) is 27.1. The van der Waals surface area contributed by atoms with E-state index in [9.17, 15) is 18.0 Å². The Labute approximate surface area is 221 Å². The molecule has 0 aliphatic carbocycles. The Balaban J connectivity index is 1.16. The highest BCUT2D eigenvalue weighted by Gasteiger charge is 2.32. The topological polar surface area (TPSA) is 114 Å². The van der Waals surface area contributed by atoms with E-state index in [0.717, 1.165) is 45.9 Å². The number of nitrogens with one attached hydrogen (secondary N) is 2. The van der Waals surface area contributed by atoms with Crippen LogP contribution in [0.1, 0.15) is 30.3 Å². The molecule has 1 fully saturated rings. The average molecular weight is 538 g/mol. The number of carbonyl (C=O) groups excluding carboxylic acids is 1. The number of nitrogens with two attached hydrogens (primary N) is 1. The van der Waals surface area contributed by atoms with Crippen LogP contribution in [0.3, 0.4) is 0 Å². The number of anilines is 1. The van der Waals surface area contributed by atoms with Crippen LogP contribution >= 0.6 is 0 Å². The van der Waals surface area contributed by atoms with Crippen LogP contribution in [0.5, 0.6) is 5.75 Å². The van der Waals surface area contributed by atoms with Gasteiger partial charge in [0.05, 0.1) is 12.2 Å². The number of hydrogen-bond donors (Lipinski definition) is 3. The number of H-pyrrole nitrogens is 1. The van der Waals surface area contributed by atoms with Gasteiger partial charge in [0.15, 0.2) is 0 Å². The van der Waals surface area contributed by atoms with Gasteiger partial charge in [0.25, 0.3) is 0 Å². The number of para-hydroxylation sites is 1. The molecule has 0 radical (unpaired) electrons. The molecule has 0 unspecified atom stereocenters. The first kappa shape index (κ1) is 24.8. The van der Waals surface area contributed by atoms with Crippen molar-refractivity contribution < 1.29 is 22.7 Å². The van der Waals surface area contributed by atoms with E-state index in [2.05, 4.69) is 30.7 Å². The number of imidazole rings is 1. The lowest BCUT2D eigenvalue weighted by atomic mass is 9.96. The third-order valence-electron chi connectivity index (χ3n) is 7.12.